The first-order chi connectivity index (χ1) is 8.15. The van der Waals surface area contributed by atoms with Crippen molar-refractivity contribution < 1.29 is 4.39 Å². The minimum atomic E-state index is -0.137. The van der Waals surface area contributed by atoms with Gasteiger partial charge >= 0.3 is 0 Å². The largest absolute Gasteiger partial charge is 0.369 e. The first-order valence-corrected chi connectivity index (χ1v) is 6.40. The molecule has 0 aliphatic rings. The summed E-state index contributed by atoms with van der Waals surface area (Å²) in [6, 6.07) is 7.22. The summed E-state index contributed by atoms with van der Waals surface area (Å²) in [6.45, 7) is 5.80. The van der Waals surface area contributed by atoms with Gasteiger partial charge in [0, 0.05) is 19.1 Å². The molecule has 0 aromatic heterocycles. The second-order valence-electron chi connectivity index (χ2n) is 4.50. The smallest absolute Gasteiger partial charge is 0.146 e. The molecule has 0 bridgehead atoms. The van der Waals surface area contributed by atoms with Crippen molar-refractivity contribution in [3.63, 3.8) is 0 Å². The first kappa shape index (κ1) is 14.0. The molecule has 3 heteroatoms. The predicted octanol–water partition coefficient (Wildman–Crippen LogP) is 3.17. The molecule has 0 aliphatic heterocycles. The molecule has 0 aliphatic carbocycles. The summed E-state index contributed by atoms with van der Waals surface area (Å²) in [5.74, 6) is -0.137. The van der Waals surface area contributed by atoms with Crippen LogP contribution >= 0.6 is 0 Å². The van der Waals surface area contributed by atoms with Gasteiger partial charge in [0.2, 0.25) is 0 Å². The minimum absolute atomic E-state index is 0.137. The van der Waals surface area contributed by atoms with E-state index in [2.05, 4.69) is 11.8 Å². The van der Waals surface area contributed by atoms with Gasteiger partial charge in [-0.2, -0.15) is 0 Å². The monoisotopic (exact) mass is 238 g/mol. The highest BCUT2D eigenvalue weighted by Crippen LogP contribution is 2.18. The zero-order valence-electron chi connectivity index (χ0n) is 10.8. The van der Waals surface area contributed by atoms with Gasteiger partial charge in [-0.15, -0.1) is 0 Å². The number of para-hydroxylation sites is 1. The molecule has 2 N–H and O–H groups in total. The summed E-state index contributed by atoms with van der Waals surface area (Å²) in [4.78, 5) is 2.08. The maximum Gasteiger partial charge on any atom is 0.146 e. The van der Waals surface area contributed by atoms with E-state index < -0.39 is 0 Å². The molecular weight excluding hydrogens is 215 g/mol. The number of hydrogen-bond acceptors (Lipinski definition) is 2. The Morgan fingerprint density at radius 1 is 1.29 bits per heavy atom. The van der Waals surface area contributed by atoms with Crippen molar-refractivity contribution >= 4 is 5.69 Å². The Kier molecular flexibility index (Phi) is 5.98. The molecule has 1 aromatic carbocycles. The fraction of sp³-hybridized carbons (Fsp3) is 0.571. The Labute approximate surface area is 104 Å². The third-order valence-electron chi connectivity index (χ3n) is 2.91. The van der Waals surface area contributed by atoms with E-state index in [-0.39, 0.29) is 11.9 Å². The number of nitrogens with two attached hydrogens (primary N) is 1. The number of unbranched alkanes of at least 4 members (excludes halogenated alkanes) is 1. The summed E-state index contributed by atoms with van der Waals surface area (Å²) < 4.78 is 13.6. The van der Waals surface area contributed by atoms with Gasteiger partial charge in [0.25, 0.3) is 0 Å². The molecule has 17 heavy (non-hydrogen) atoms. The molecule has 0 fully saturated rings. The summed E-state index contributed by atoms with van der Waals surface area (Å²) in [7, 11) is 0. The van der Waals surface area contributed by atoms with Crippen LogP contribution < -0.4 is 10.6 Å². The summed E-state index contributed by atoms with van der Waals surface area (Å²) in [6.07, 6.45) is 3.20. The number of hydrogen-bond donors (Lipinski definition) is 1. The van der Waals surface area contributed by atoms with Crippen molar-refractivity contribution in [1.29, 1.82) is 0 Å². The molecule has 2 nitrogen and oxygen atoms in total. The average molecular weight is 238 g/mol. The van der Waals surface area contributed by atoms with E-state index in [0.29, 0.717) is 5.69 Å². The zero-order chi connectivity index (χ0) is 12.7. The van der Waals surface area contributed by atoms with Crippen molar-refractivity contribution in [3.8, 4) is 0 Å². The maximum absolute atomic E-state index is 13.6. The standard InChI is InChI=1S/C14H23FN2/c1-3-17(11-7-6-8-12(2)16)14-10-5-4-9-13(14)15/h4-5,9-10,12H,3,6-8,11,16H2,1-2H3. The number of anilines is 1. The van der Waals surface area contributed by atoms with Crippen molar-refractivity contribution in [2.45, 2.75) is 39.2 Å². The van der Waals surface area contributed by atoms with Gasteiger partial charge in [0.15, 0.2) is 0 Å². The van der Waals surface area contributed by atoms with Gasteiger partial charge in [-0.05, 0) is 38.8 Å². The molecule has 0 saturated heterocycles. The molecule has 0 amide bonds. The van der Waals surface area contributed by atoms with E-state index in [4.69, 9.17) is 5.73 Å². The van der Waals surface area contributed by atoms with Crippen molar-refractivity contribution in [2.24, 2.45) is 5.73 Å². The van der Waals surface area contributed by atoms with Gasteiger partial charge in [-0.25, -0.2) is 4.39 Å². The van der Waals surface area contributed by atoms with Gasteiger partial charge in [-0.3, -0.25) is 0 Å². The molecular formula is C14H23FN2. The second-order valence-corrected chi connectivity index (χ2v) is 4.50. The summed E-state index contributed by atoms with van der Waals surface area (Å²) >= 11 is 0. The van der Waals surface area contributed by atoms with E-state index >= 15 is 0 Å². The Hall–Kier alpha value is -1.09. The van der Waals surface area contributed by atoms with Crippen LogP contribution in [-0.2, 0) is 0 Å². The third kappa shape index (κ3) is 4.73. The van der Waals surface area contributed by atoms with E-state index in [1.807, 2.05) is 19.1 Å². The summed E-state index contributed by atoms with van der Waals surface area (Å²) in [5, 5.41) is 0. The highest BCUT2D eigenvalue weighted by molar-refractivity contribution is 5.47. The average Bonchev–Trinajstić information content (AvgIpc) is 2.30. The van der Waals surface area contributed by atoms with Crippen LogP contribution in [0.1, 0.15) is 33.1 Å². The first-order valence-electron chi connectivity index (χ1n) is 6.40. The van der Waals surface area contributed by atoms with E-state index in [9.17, 15) is 4.39 Å². The van der Waals surface area contributed by atoms with Gasteiger partial charge < -0.3 is 10.6 Å². The lowest BCUT2D eigenvalue weighted by Gasteiger charge is -2.23. The van der Waals surface area contributed by atoms with Gasteiger partial charge in [0.05, 0.1) is 5.69 Å². The van der Waals surface area contributed by atoms with Crippen LogP contribution in [0.4, 0.5) is 10.1 Å². The second kappa shape index (κ2) is 7.28. The van der Waals surface area contributed by atoms with E-state index in [1.54, 1.807) is 6.07 Å². The number of rotatable bonds is 7. The lowest BCUT2D eigenvalue weighted by molar-refractivity contribution is 0.581. The lowest BCUT2D eigenvalue weighted by Crippen LogP contribution is -2.25. The Morgan fingerprint density at radius 2 is 2.00 bits per heavy atom. The third-order valence-corrected chi connectivity index (χ3v) is 2.91. The van der Waals surface area contributed by atoms with Crippen LogP contribution in [0.25, 0.3) is 0 Å². The number of nitrogens with zero attached hydrogens (tertiary/aromatic N) is 1. The minimum Gasteiger partial charge on any atom is -0.369 e. The fourth-order valence-corrected chi connectivity index (χ4v) is 1.93. The molecule has 96 valence electrons. The van der Waals surface area contributed by atoms with Gasteiger partial charge in [0.1, 0.15) is 5.82 Å². The van der Waals surface area contributed by atoms with Crippen molar-refractivity contribution in [2.75, 3.05) is 18.0 Å². The molecule has 0 heterocycles. The maximum atomic E-state index is 13.6. The molecule has 1 rings (SSSR count). The molecule has 0 spiro atoms. The molecule has 1 atom stereocenters. The fourth-order valence-electron chi connectivity index (χ4n) is 1.93. The molecule has 1 unspecified atom stereocenters. The van der Waals surface area contributed by atoms with Crippen LogP contribution in [-0.4, -0.2) is 19.1 Å². The Balaban J connectivity index is 2.46. The van der Waals surface area contributed by atoms with E-state index in [1.165, 1.54) is 6.07 Å². The van der Waals surface area contributed by atoms with Crippen LogP contribution in [0.5, 0.6) is 0 Å². The Bertz CT molecular complexity index is 326. The number of benzene rings is 1. The quantitative estimate of drug-likeness (QED) is 0.739. The van der Waals surface area contributed by atoms with E-state index in [0.717, 1.165) is 32.4 Å². The van der Waals surface area contributed by atoms with Crippen LogP contribution in [0, 0.1) is 5.82 Å². The highest BCUT2D eigenvalue weighted by Gasteiger charge is 2.08. The SMILES string of the molecule is CCN(CCCCC(C)N)c1ccccc1F. The van der Waals surface area contributed by atoms with Crippen LogP contribution in [0.15, 0.2) is 24.3 Å². The van der Waals surface area contributed by atoms with Crippen molar-refractivity contribution in [1.82, 2.24) is 0 Å². The van der Waals surface area contributed by atoms with Gasteiger partial charge in [-0.1, -0.05) is 18.6 Å². The zero-order valence-corrected chi connectivity index (χ0v) is 10.8. The highest BCUT2D eigenvalue weighted by atomic mass is 19.1. The predicted molar refractivity (Wildman–Crippen MR) is 71.8 cm³/mol. The van der Waals surface area contributed by atoms with Crippen molar-refractivity contribution in [3.05, 3.63) is 30.1 Å². The lowest BCUT2D eigenvalue weighted by atomic mass is 10.1. The molecule has 0 saturated carbocycles. The topological polar surface area (TPSA) is 29.3 Å². The molecule has 0 radical (unpaired) electrons. The Morgan fingerprint density at radius 3 is 2.59 bits per heavy atom. The number of halogens is 1. The summed E-state index contributed by atoms with van der Waals surface area (Å²) in [5.41, 5.74) is 6.41. The van der Waals surface area contributed by atoms with Crippen LogP contribution in [0.3, 0.4) is 0 Å². The molecule has 1 aromatic rings. The van der Waals surface area contributed by atoms with Crippen LogP contribution in [0.2, 0.25) is 0 Å². The normalized spacial score (nSPS) is 12.5.